The van der Waals surface area contributed by atoms with Crippen LogP contribution in [0.25, 0.3) is 11.8 Å². The summed E-state index contributed by atoms with van der Waals surface area (Å²) in [5.74, 6) is -1.97. The minimum Gasteiger partial charge on any atom is -0.871 e. The molecule has 0 atom stereocenters. The molecule has 246 valence electrons. The molecule has 1 aromatic heterocycles. The first-order valence-corrected chi connectivity index (χ1v) is 13.8. The van der Waals surface area contributed by atoms with Crippen molar-refractivity contribution in [3.05, 3.63) is 140 Å². The predicted octanol–water partition coefficient (Wildman–Crippen LogP) is 4.51. The maximum absolute atomic E-state index is 12.4. The Hall–Kier alpha value is -6.40. The summed E-state index contributed by atoms with van der Waals surface area (Å²) in [6.07, 6.45) is 6.30. The number of rotatable bonds is 6. The summed E-state index contributed by atoms with van der Waals surface area (Å²) in [6.45, 7) is 1.58. The molecule has 4 aromatic rings. The SMILES string of the molecule is Cc1nn(-c2ccccc2)c([O-])c1N=Nc1cc([N+](=O)[O-])ccc1[O-].O=C1C=C(N([O-])[O-])C=CC1=NN=C1C(=O)C=Cc2ccccc21.[Co+3].[H+]. The van der Waals surface area contributed by atoms with Gasteiger partial charge < -0.3 is 25.9 Å². The molecule has 0 radical (unpaired) electrons. The molecule has 0 saturated carbocycles. The Morgan fingerprint density at radius 1 is 0.857 bits per heavy atom. The second kappa shape index (κ2) is 15.5. The van der Waals surface area contributed by atoms with Crippen molar-refractivity contribution in [2.45, 2.75) is 6.92 Å². The van der Waals surface area contributed by atoms with Gasteiger partial charge in [0.25, 0.3) is 5.69 Å². The number of hydrogen-bond acceptors (Lipinski definition) is 14. The Bertz CT molecular complexity index is 2130. The topological polar surface area (TPSA) is 240 Å². The quantitative estimate of drug-likeness (QED) is 0.118. The van der Waals surface area contributed by atoms with E-state index in [0.29, 0.717) is 16.9 Å². The summed E-state index contributed by atoms with van der Waals surface area (Å²) >= 11 is 0. The fraction of sp³-hybridized carbons (Fsp3) is 0.0312. The van der Waals surface area contributed by atoms with Gasteiger partial charge in [-0.15, -0.1) is 15.3 Å². The summed E-state index contributed by atoms with van der Waals surface area (Å²) in [6, 6.07) is 19.1. The molecule has 2 aliphatic rings. The molecule has 0 amide bonds. The van der Waals surface area contributed by atoms with Crippen molar-refractivity contribution in [2.24, 2.45) is 20.4 Å². The van der Waals surface area contributed by atoms with Crippen LogP contribution in [0.3, 0.4) is 0 Å². The van der Waals surface area contributed by atoms with Crippen LogP contribution in [0.5, 0.6) is 11.6 Å². The fourth-order valence-electron chi connectivity index (χ4n) is 4.30. The monoisotopic (exact) mass is 704 g/mol. The average Bonchev–Trinajstić information content (AvgIpc) is 3.37. The van der Waals surface area contributed by atoms with Gasteiger partial charge in [0.15, 0.2) is 0 Å². The minimum absolute atomic E-state index is 0. The predicted molar refractivity (Wildman–Crippen MR) is 171 cm³/mol. The van der Waals surface area contributed by atoms with Crippen molar-refractivity contribution in [2.75, 3.05) is 0 Å². The number of hydroxylamine groups is 2. The van der Waals surface area contributed by atoms with E-state index in [-0.39, 0.29) is 58.2 Å². The van der Waals surface area contributed by atoms with E-state index in [2.05, 4.69) is 25.5 Å². The van der Waals surface area contributed by atoms with Gasteiger partial charge in [-0.3, -0.25) is 19.7 Å². The second-order valence-corrected chi connectivity index (χ2v) is 9.84. The Balaban J connectivity index is 0.000000261. The molecule has 0 aliphatic heterocycles. The van der Waals surface area contributed by atoms with Crippen molar-refractivity contribution >= 4 is 46.1 Å². The Morgan fingerprint density at radius 2 is 1.57 bits per heavy atom. The van der Waals surface area contributed by atoms with Crippen molar-refractivity contribution in [1.29, 1.82) is 0 Å². The number of azo groups is 1. The molecular weight excluding hydrogens is 683 g/mol. The van der Waals surface area contributed by atoms with E-state index in [1.54, 1.807) is 49.4 Å². The molecule has 6 rings (SSSR count). The van der Waals surface area contributed by atoms with E-state index in [9.17, 15) is 40.3 Å². The number of ketones is 2. The van der Waals surface area contributed by atoms with E-state index in [4.69, 9.17) is 0 Å². The summed E-state index contributed by atoms with van der Waals surface area (Å²) in [5.41, 5.74) is 1.55. The second-order valence-electron chi connectivity index (χ2n) is 9.84. The van der Waals surface area contributed by atoms with Gasteiger partial charge in [0, 0.05) is 35.3 Å². The number of hydrogen-bond donors (Lipinski definition) is 0. The number of aromatic nitrogens is 2. The molecule has 0 N–H and O–H groups in total. The summed E-state index contributed by atoms with van der Waals surface area (Å²) in [4.78, 5) is 33.9. The third-order valence-electron chi connectivity index (χ3n) is 6.68. The number of nitro benzene ring substituents is 1. The molecule has 0 spiro atoms. The van der Waals surface area contributed by atoms with E-state index >= 15 is 0 Å². The van der Waals surface area contributed by atoms with Crippen LogP contribution in [0.15, 0.2) is 123 Å². The van der Waals surface area contributed by atoms with Gasteiger partial charge in [-0.25, -0.2) is 4.68 Å². The molecule has 2 aliphatic carbocycles. The van der Waals surface area contributed by atoms with E-state index in [1.165, 1.54) is 16.8 Å². The van der Waals surface area contributed by atoms with Crippen LogP contribution in [-0.4, -0.2) is 42.9 Å². The molecule has 16 nitrogen and oxygen atoms in total. The fourth-order valence-corrected chi connectivity index (χ4v) is 4.30. The average molecular weight is 705 g/mol. The Kier molecular flexibility index (Phi) is 11.2. The summed E-state index contributed by atoms with van der Waals surface area (Å²) in [7, 11) is 0. The molecular formula is C32H21CoN8O8. The van der Waals surface area contributed by atoms with Crippen LogP contribution in [0, 0.1) is 27.5 Å². The number of allylic oxidation sites excluding steroid dienone is 4. The molecule has 1 heterocycles. The van der Waals surface area contributed by atoms with Crippen molar-refractivity contribution < 1.29 is 42.9 Å². The van der Waals surface area contributed by atoms with Gasteiger partial charge in [0.1, 0.15) is 17.1 Å². The van der Waals surface area contributed by atoms with Gasteiger partial charge >= 0.3 is 18.2 Å². The first-order chi connectivity index (χ1) is 23.0. The molecule has 3 aromatic carbocycles. The summed E-state index contributed by atoms with van der Waals surface area (Å²) < 4.78 is 1.18. The van der Waals surface area contributed by atoms with Gasteiger partial charge in [-0.1, -0.05) is 60.4 Å². The van der Waals surface area contributed by atoms with Gasteiger partial charge in [0.2, 0.25) is 11.6 Å². The first kappa shape index (κ1) is 35.5. The molecule has 17 heteroatoms. The van der Waals surface area contributed by atoms with Crippen LogP contribution in [0.4, 0.5) is 17.1 Å². The zero-order chi connectivity index (χ0) is 34.4. The van der Waals surface area contributed by atoms with Crippen LogP contribution in [0.1, 0.15) is 18.2 Å². The van der Waals surface area contributed by atoms with E-state index in [1.807, 2.05) is 18.2 Å². The third-order valence-corrected chi connectivity index (χ3v) is 6.68. The third kappa shape index (κ3) is 8.12. The number of nitro groups is 1. The number of non-ortho nitro benzene ring substituents is 1. The van der Waals surface area contributed by atoms with Gasteiger partial charge in [-0.05, 0) is 42.8 Å². The molecule has 0 bridgehead atoms. The number of benzene rings is 3. The number of fused-ring (bicyclic) bond motifs is 1. The van der Waals surface area contributed by atoms with Crippen molar-refractivity contribution in [3.8, 4) is 17.3 Å². The van der Waals surface area contributed by atoms with E-state index < -0.39 is 27.6 Å². The largest absolute Gasteiger partial charge is 3.00 e. The normalized spacial score (nSPS) is 15.0. The number of carbonyl (C=O) groups excluding carboxylic acids is 2. The molecule has 49 heavy (non-hydrogen) atoms. The number of aryl methyl sites for hydroxylation is 1. The zero-order valence-corrected chi connectivity index (χ0v) is 26.0. The number of para-hydroxylation sites is 1. The maximum atomic E-state index is 12.4. The van der Waals surface area contributed by atoms with Crippen LogP contribution >= 0.6 is 0 Å². The van der Waals surface area contributed by atoms with Crippen molar-refractivity contribution in [1.82, 2.24) is 15.0 Å². The number of nitrogens with zero attached hydrogens (tertiary/aromatic N) is 8. The van der Waals surface area contributed by atoms with Crippen LogP contribution < -0.4 is 10.2 Å². The smallest absolute Gasteiger partial charge is 0.871 e. The molecule has 0 saturated heterocycles. The maximum Gasteiger partial charge on any atom is 3.00 e. The minimum atomic E-state index is -0.664. The van der Waals surface area contributed by atoms with E-state index in [0.717, 1.165) is 35.9 Å². The zero-order valence-electron chi connectivity index (χ0n) is 26.0. The molecule has 0 fully saturated rings. The Labute approximate surface area is 288 Å². The summed E-state index contributed by atoms with van der Waals surface area (Å²) in [5, 5.41) is 74.8. The first-order valence-electron chi connectivity index (χ1n) is 13.8. The van der Waals surface area contributed by atoms with Crippen LogP contribution in [0.2, 0.25) is 0 Å². The Morgan fingerprint density at radius 3 is 2.27 bits per heavy atom. The van der Waals surface area contributed by atoms with Crippen molar-refractivity contribution in [3.63, 3.8) is 0 Å². The number of carbonyl (C=O) groups is 2. The van der Waals surface area contributed by atoms with Gasteiger partial charge in [-0.2, -0.15) is 10.2 Å². The molecule has 0 unspecified atom stereocenters. The van der Waals surface area contributed by atoms with Crippen LogP contribution in [-0.2, 0) is 26.4 Å². The van der Waals surface area contributed by atoms with Gasteiger partial charge in [0.05, 0.1) is 22.0 Å². The standard InChI is InChI=1S/C16H13N5O4.C16H9N3O4.Co/c1-10-15(16(23)20(19-10)11-5-3-2-4-6-11)18-17-13-9-12(21(24)25)7-8-14(13)22;20-14-8-5-10-3-1-2-4-12(10)16(14)18-17-13-7-6-11(19(22)23)9-15(13)21;/h2-9,22-23H,1H3;1-9H;/q;-2;+3/p-1.